The number of amides is 1. The quantitative estimate of drug-likeness (QED) is 0.653. The summed E-state index contributed by atoms with van der Waals surface area (Å²) in [6.45, 7) is 0. The van der Waals surface area contributed by atoms with Gasteiger partial charge in [-0.15, -0.1) is 0 Å². The summed E-state index contributed by atoms with van der Waals surface area (Å²) in [5.74, 6) is -1.43. The van der Waals surface area contributed by atoms with Crippen LogP contribution in [0.5, 0.6) is 0 Å². The predicted octanol–water partition coefficient (Wildman–Crippen LogP) is 2.48. The minimum Gasteiger partial charge on any atom is -0.480 e. The number of anilines is 1. The average Bonchev–Trinajstić information content (AvgIpc) is 2.19. The van der Waals surface area contributed by atoms with Gasteiger partial charge < -0.3 is 10.4 Å². The second kappa shape index (κ2) is 4.64. The predicted molar refractivity (Wildman–Crippen MR) is 71.7 cm³/mol. The van der Waals surface area contributed by atoms with Crippen molar-refractivity contribution in [3.05, 3.63) is 27.8 Å². The molecule has 1 aliphatic carbocycles. The van der Waals surface area contributed by atoms with E-state index >= 15 is 0 Å². The van der Waals surface area contributed by atoms with Crippen LogP contribution in [0.1, 0.15) is 19.3 Å². The maximum atomic E-state index is 11.9. The Hall–Kier alpha value is -1.11. The van der Waals surface area contributed by atoms with Crippen LogP contribution in [0.2, 0.25) is 0 Å². The van der Waals surface area contributed by atoms with Gasteiger partial charge in [0.2, 0.25) is 5.91 Å². The number of carboxylic acid groups (broad SMARTS) is 1. The number of halogens is 1. The van der Waals surface area contributed by atoms with Gasteiger partial charge in [-0.05, 0) is 59.7 Å². The van der Waals surface area contributed by atoms with E-state index in [1.165, 1.54) is 0 Å². The van der Waals surface area contributed by atoms with Crippen molar-refractivity contribution >= 4 is 40.2 Å². The topological polar surface area (TPSA) is 66.4 Å². The third-order valence-corrected chi connectivity index (χ3v) is 3.87. The van der Waals surface area contributed by atoms with Gasteiger partial charge in [0.25, 0.3) is 0 Å². The van der Waals surface area contributed by atoms with E-state index in [0.29, 0.717) is 18.5 Å². The molecule has 0 spiro atoms. The molecule has 0 atom stereocenters. The lowest BCUT2D eigenvalue weighted by Crippen LogP contribution is -2.48. The van der Waals surface area contributed by atoms with Gasteiger partial charge in [0.05, 0.1) is 0 Å². The van der Waals surface area contributed by atoms with Crippen LogP contribution < -0.4 is 5.32 Å². The van der Waals surface area contributed by atoms with Crippen molar-refractivity contribution in [1.29, 1.82) is 0 Å². The summed E-state index contributed by atoms with van der Waals surface area (Å²) >= 11 is 2.17. The molecule has 0 unspecified atom stereocenters. The molecule has 2 N–H and O–H groups in total. The lowest BCUT2D eigenvalue weighted by Gasteiger charge is -2.35. The maximum absolute atomic E-state index is 11.9. The van der Waals surface area contributed by atoms with Gasteiger partial charge in [-0.3, -0.25) is 9.59 Å². The monoisotopic (exact) mass is 345 g/mol. The van der Waals surface area contributed by atoms with E-state index in [-0.39, 0.29) is 0 Å². The molecule has 4 nitrogen and oxygen atoms in total. The summed E-state index contributed by atoms with van der Waals surface area (Å²) in [5, 5.41) is 11.8. The van der Waals surface area contributed by atoms with Gasteiger partial charge in [0.1, 0.15) is 5.41 Å². The van der Waals surface area contributed by atoms with Crippen molar-refractivity contribution in [2.45, 2.75) is 19.3 Å². The molecule has 1 aliphatic rings. The number of aliphatic carboxylic acids is 1. The molecule has 1 fully saturated rings. The Balaban J connectivity index is 2.11. The minimum absolute atomic E-state index is 0.405. The molecule has 1 aromatic carbocycles. The second-order valence-electron chi connectivity index (χ2n) is 4.20. The Morgan fingerprint density at radius 3 is 2.24 bits per heavy atom. The lowest BCUT2D eigenvalue weighted by atomic mass is 9.68. The number of carbonyl (C=O) groups excluding carboxylic acids is 1. The van der Waals surface area contributed by atoms with E-state index in [1.807, 2.05) is 12.1 Å². The SMILES string of the molecule is O=C(O)C1(C(=O)Nc2ccc(I)cc2)CCC1. The van der Waals surface area contributed by atoms with E-state index in [2.05, 4.69) is 27.9 Å². The van der Waals surface area contributed by atoms with Gasteiger partial charge in [-0.1, -0.05) is 6.42 Å². The smallest absolute Gasteiger partial charge is 0.319 e. The summed E-state index contributed by atoms with van der Waals surface area (Å²) in [6.07, 6.45) is 1.66. The van der Waals surface area contributed by atoms with Crippen molar-refractivity contribution < 1.29 is 14.7 Å². The zero-order chi connectivity index (χ0) is 12.5. The normalized spacial score (nSPS) is 17.0. The molecular weight excluding hydrogens is 333 g/mol. The van der Waals surface area contributed by atoms with Crippen LogP contribution >= 0.6 is 22.6 Å². The van der Waals surface area contributed by atoms with Crippen molar-refractivity contribution in [3.8, 4) is 0 Å². The van der Waals surface area contributed by atoms with E-state index in [1.54, 1.807) is 12.1 Å². The van der Waals surface area contributed by atoms with Gasteiger partial charge >= 0.3 is 5.97 Å². The third-order valence-electron chi connectivity index (χ3n) is 3.15. The summed E-state index contributed by atoms with van der Waals surface area (Å²) in [5.41, 5.74) is -0.564. The van der Waals surface area contributed by atoms with Crippen LogP contribution in [0.4, 0.5) is 5.69 Å². The molecule has 1 saturated carbocycles. The summed E-state index contributed by atoms with van der Waals surface area (Å²) in [4.78, 5) is 23.1. The van der Waals surface area contributed by atoms with Crippen LogP contribution in [0, 0.1) is 8.99 Å². The summed E-state index contributed by atoms with van der Waals surface area (Å²) in [6, 6.07) is 7.27. The van der Waals surface area contributed by atoms with Crippen LogP contribution in [0.25, 0.3) is 0 Å². The number of carbonyl (C=O) groups is 2. The van der Waals surface area contributed by atoms with Gasteiger partial charge in [-0.2, -0.15) is 0 Å². The van der Waals surface area contributed by atoms with Crippen molar-refractivity contribution in [2.75, 3.05) is 5.32 Å². The Morgan fingerprint density at radius 2 is 1.82 bits per heavy atom. The van der Waals surface area contributed by atoms with Crippen LogP contribution in [-0.4, -0.2) is 17.0 Å². The lowest BCUT2D eigenvalue weighted by molar-refractivity contribution is -0.159. The molecule has 1 aromatic rings. The number of hydrogen-bond acceptors (Lipinski definition) is 2. The zero-order valence-corrected chi connectivity index (χ0v) is 11.2. The molecule has 0 saturated heterocycles. The Kier molecular flexibility index (Phi) is 3.37. The average molecular weight is 345 g/mol. The van der Waals surface area contributed by atoms with E-state index < -0.39 is 17.3 Å². The number of benzene rings is 1. The fourth-order valence-corrected chi connectivity index (χ4v) is 2.21. The number of rotatable bonds is 3. The molecule has 5 heteroatoms. The van der Waals surface area contributed by atoms with Gasteiger partial charge in [0.15, 0.2) is 0 Å². The molecule has 0 radical (unpaired) electrons. The van der Waals surface area contributed by atoms with Crippen LogP contribution in [0.3, 0.4) is 0 Å². The molecular formula is C12H12INO3. The molecule has 1 amide bonds. The molecule has 0 bridgehead atoms. The largest absolute Gasteiger partial charge is 0.480 e. The van der Waals surface area contributed by atoms with Crippen LogP contribution in [-0.2, 0) is 9.59 Å². The maximum Gasteiger partial charge on any atom is 0.319 e. The van der Waals surface area contributed by atoms with Crippen molar-refractivity contribution in [2.24, 2.45) is 5.41 Å². The number of carboxylic acids is 1. The van der Waals surface area contributed by atoms with Gasteiger partial charge in [0, 0.05) is 9.26 Å². The molecule has 90 valence electrons. The molecule has 0 aliphatic heterocycles. The first-order valence-corrected chi connectivity index (χ1v) is 6.43. The zero-order valence-electron chi connectivity index (χ0n) is 9.07. The number of nitrogens with one attached hydrogen (secondary N) is 1. The second-order valence-corrected chi connectivity index (χ2v) is 5.45. The van der Waals surface area contributed by atoms with Crippen molar-refractivity contribution in [3.63, 3.8) is 0 Å². The molecule has 0 aromatic heterocycles. The first-order chi connectivity index (χ1) is 8.04. The fourth-order valence-electron chi connectivity index (χ4n) is 1.85. The number of hydrogen-bond donors (Lipinski definition) is 2. The summed E-state index contributed by atoms with van der Waals surface area (Å²) < 4.78 is 1.07. The standard InChI is InChI=1S/C12H12INO3/c13-8-2-4-9(5-3-8)14-10(15)12(11(16)17)6-1-7-12/h2-5H,1,6-7H2,(H,14,15)(H,16,17). The van der Waals surface area contributed by atoms with Gasteiger partial charge in [-0.25, -0.2) is 0 Å². The van der Waals surface area contributed by atoms with E-state index in [9.17, 15) is 9.59 Å². The van der Waals surface area contributed by atoms with E-state index in [0.717, 1.165) is 9.99 Å². The highest BCUT2D eigenvalue weighted by Crippen LogP contribution is 2.42. The highest BCUT2D eigenvalue weighted by atomic mass is 127. The highest BCUT2D eigenvalue weighted by Gasteiger charge is 2.51. The Bertz CT molecular complexity index is 451. The minimum atomic E-state index is -1.21. The summed E-state index contributed by atoms with van der Waals surface area (Å²) in [7, 11) is 0. The van der Waals surface area contributed by atoms with Crippen LogP contribution in [0.15, 0.2) is 24.3 Å². The fraction of sp³-hybridized carbons (Fsp3) is 0.333. The Morgan fingerprint density at radius 1 is 1.24 bits per heavy atom. The molecule has 17 heavy (non-hydrogen) atoms. The Labute approximate surface area is 113 Å². The first kappa shape index (κ1) is 12.3. The molecule has 2 rings (SSSR count). The third kappa shape index (κ3) is 2.29. The first-order valence-electron chi connectivity index (χ1n) is 5.35. The van der Waals surface area contributed by atoms with Crippen molar-refractivity contribution in [1.82, 2.24) is 0 Å². The molecule has 0 heterocycles. The highest BCUT2D eigenvalue weighted by molar-refractivity contribution is 14.1. The van der Waals surface area contributed by atoms with E-state index in [4.69, 9.17) is 5.11 Å².